The summed E-state index contributed by atoms with van der Waals surface area (Å²) in [5, 5.41) is 14.5. The number of aromatic nitrogens is 2. The summed E-state index contributed by atoms with van der Waals surface area (Å²) in [7, 11) is 0. The highest BCUT2D eigenvalue weighted by atomic mass is 19.1. The highest BCUT2D eigenvalue weighted by molar-refractivity contribution is 5.94. The number of piperidine rings is 1. The zero-order chi connectivity index (χ0) is 25.8. The molecule has 1 unspecified atom stereocenters. The molecule has 6 nitrogen and oxygen atoms in total. The monoisotopic (exact) mass is 500 g/mol. The van der Waals surface area contributed by atoms with E-state index >= 15 is 0 Å². The summed E-state index contributed by atoms with van der Waals surface area (Å²) in [6.07, 6.45) is 2.09. The third-order valence-corrected chi connectivity index (χ3v) is 7.43. The molecule has 0 bridgehead atoms. The molecular weight excluding hydrogens is 467 g/mol. The van der Waals surface area contributed by atoms with E-state index in [1.54, 1.807) is 0 Å². The fraction of sp³-hybridized carbons (Fsp3) is 0.333. The van der Waals surface area contributed by atoms with Gasteiger partial charge in [0.15, 0.2) is 0 Å². The quantitative estimate of drug-likeness (QED) is 0.362. The number of hydrogen-bond donors (Lipinski definition) is 2. The number of amides is 1. The molecule has 1 atom stereocenters. The lowest BCUT2D eigenvalue weighted by Crippen LogP contribution is -2.47. The van der Waals surface area contributed by atoms with Crippen molar-refractivity contribution >= 4 is 16.9 Å². The average Bonchev–Trinajstić information content (AvgIpc) is 3.22. The first kappa shape index (κ1) is 25.1. The van der Waals surface area contributed by atoms with Crippen molar-refractivity contribution in [3.8, 4) is 0 Å². The lowest BCUT2D eigenvalue weighted by Gasteiger charge is -2.39. The maximum Gasteiger partial charge on any atom is 0.251 e. The smallest absolute Gasteiger partial charge is 0.251 e. The van der Waals surface area contributed by atoms with E-state index in [0.717, 1.165) is 48.5 Å². The van der Waals surface area contributed by atoms with E-state index in [1.165, 1.54) is 24.3 Å². The molecule has 0 spiro atoms. The van der Waals surface area contributed by atoms with Crippen LogP contribution in [0.5, 0.6) is 0 Å². The van der Waals surface area contributed by atoms with E-state index in [9.17, 15) is 14.3 Å². The normalized spacial score (nSPS) is 16.5. The maximum atomic E-state index is 13.3. The maximum absolute atomic E-state index is 13.3. The molecule has 37 heavy (non-hydrogen) atoms. The van der Waals surface area contributed by atoms with Gasteiger partial charge in [-0.2, -0.15) is 0 Å². The molecule has 3 aromatic carbocycles. The van der Waals surface area contributed by atoms with E-state index in [0.29, 0.717) is 24.9 Å². The number of para-hydroxylation sites is 2. The summed E-state index contributed by atoms with van der Waals surface area (Å²) in [5.41, 5.74) is 2.70. The lowest BCUT2D eigenvalue weighted by molar-refractivity contribution is -0.0341. The second kappa shape index (κ2) is 10.8. The van der Waals surface area contributed by atoms with Crippen molar-refractivity contribution in [2.75, 3.05) is 19.6 Å². The van der Waals surface area contributed by atoms with Gasteiger partial charge >= 0.3 is 0 Å². The minimum Gasteiger partial charge on any atom is -0.388 e. The van der Waals surface area contributed by atoms with Crippen LogP contribution < -0.4 is 5.32 Å². The van der Waals surface area contributed by atoms with Crippen LogP contribution in [0, 0.1) is 12.7 Å². The Morgan fingerprint density at radius 1 is 1.03 bits per heavy atom. The Hall–Kier alpha value is -3.55. The topological polar surface area (TPSA) is 70.4 Å². The van der Waals surface area contributed by atoms with Gasteiger partial charge in [0.1, 0.15) is 11.6 Å². The number of likely N-dealkylation sites (tertiary alicyclic amines) is 1. The van der Waals surface area contributed by atoms with Gasteiger partial charge in [-0.15, -0.1) is 0 Å². The third-order valence-electron chi connectivity index (χ3n) is 7.43. The van der Waals surface area contributed by atoms with Crippen LogP contribution in [0.4, 0.5) is 4.39 Å². The fourth-order valence-electron chi connectivity index (χ4n) is 5.20. The van der Waals surface area contributed by atoms with Crippen LogP contribution in [-0.2, 0) is 6.54 Å². The van der Waals surface area contributed by atoms with Crippen LogP contribution >= 0.6 is 0 Å². The van der Waals surface area contributed by atoms with Gasteiger partial charge in [0.05, 0.1) is 29.2 Å². The number of imidazole rings is 1. The van der Waals surface area contributed by atoms with Gasteiger partial charge in [-0.05, 0) is 68.1 Å². The van der Waals surface area contributed by atoms with Crippen molar-refractivity contribution in [2.24, 2.45) is 0 Å². The number of rotatable bonds is 8. The number of aliphatic hydroxyl groups is 1. The van der Waals surface area contributed by atoms with Crippen molar-refractivity contribution in [1.29, 1.82) is 0 Å². The number of halogens is 1. The second-order valence-corrected chi connectivity index (χ2v) is 10.0. The molecule has 192 valence electrons. The van der Waals surface area contributed by atoms with Crippen LogP contribution in [0.1, 0.15) is 47.1 Å². The van der Waals surface area contributed by atoms with E-state index in [-0.39, 0.29) is 17.8 Å². The Balaban J connectivity index is 1.20. The molecular formula is C30H33FN4O2. The minimum absolute atomic E-state index is 0.167. The zero-order valence-electron chi connectivity index (χ0n) is 21.1. The van der Waals surface area contributed by atoms with Gasteiger partial charge in [0.25, 0.3) is 5.91 Å². The fourth-order valence-corrected chi connectivity index (χ4v) is 5.20. The summed E-state index contributed by atoms with van der Waals surface area (Å²) >= 11 is 0. The molecule has 1 aromatic heterocycles. The predicted molar refractivity (Wildman–Crippen MR) is 143 cm³/mol. The SMILES string of the molecule is Cc1nc2ccccc2n1CC1(O)CCN(CCC(NC(=O)c2ccc(F)cc2)c2ccccc2)CC1. The summed E-state index contributed by atoms with van der Waals surface area (Å²) in [5.74, 6) is 0.335. The first-order chi connectivity index (χ1) is 17.9. The van der Waals surface area contributed by atoms with E-state index in [4.69, 9.17) is 0 Å². The molecule has 1 aliphatic rings. The molecule has 1 fully saturated rings. The number of fused-ring (bicyclic) bond motifs is 1. The van der Waals surface area contributed by atoms with Gasteiger partial charge in [-0.1, -0.05) is 42.5 Å². The molecule has 1 saturated heterocycles. The van der Waals surface area contributed by atoms with Gasteiger partial charge < -0.3 is 19.9 Å². The predicted octanol–water partition coefficient (Wildman–Crippen LogP) is 4.87. The molecule has 4 aromatic rings. The third kappa shape index (κ3) is 5.89. The van der Waals surface area contributed by atoms with Crippen molar-refractivity contribution in [3.05, 3.63) is 102 Å². The lowest BCUT2D eigenvalue weighted by atomic mass is 9.90. The number of aryl methyl sites for hydroxylation is 1. The van der Waals surface area contributed by atoms with Crippen LogP contribution in [0.3, 0.4) is 0 Å². The number of carbonyl (C=O) groups excluding carboxylic acids is 1. The van der Waals surface area contributed by atoms with E-state index < -0.39 is 5.60 Å². The molecule has 0 radical (unpaired) electrons. The summed E-state index contributed by atoms with van der Waals surface area (Å²) in [6.45, 7) is 4.90. The Labute approximate surface area is 216 Å². The molecule has 1 aliphatic heterocycles. The molecule has 1 amide bonds. The Morgan fingerprint density at radius 3 is 2.43 bits per heavy atom. The van der Waals surface area contributed by atoms with Crippen LogP contribution in [-0.4, -0.2) is 50.7 Å². The number of carbonyl (C=O) groups is 1. The molecule has 0 saturated carbocycles. The zero-order valence-corrected chi connectivity index (χ0v) is 21.1. The van der Waals surface area contributed by atoms with Crippen LogP contribution in [0.2, 0.25) is 0 Å². The first-order valence-electron chi connectivity index (χ1n) is 12.9. The summed E-state index contributed by atoms with van der Waals surface area (Å²) in [6, 6.07) is 23.4. The Kier molecular flexibility index (Phi) is 7.35. The molecule has 0 aliphatic carbocycles. The van der Waals surface area contributed by atoms with Crippen molar-refractivity contribution in [2.45, 2.75) is 44.4 Å². The Morgan fingerprint density at radius 2 is 1.70 bits per heavy atom. The summed E-state index contributed by atoms with van der Waals surface area (Å²) in [4.78, 5) is 19.9. The van der Waals surface area contributed by atoms with Gasteiger partial charge in [-0.3, -0.25) is 4.79 Å². The number of nitrogens with zero attached hydrogens (tertiary/aromatic N) is 3. The van der Waals surface area contributed by atoms with Gasteiger partial charge in [0.2, 0.25) is 0 Å². The number of nitrogens with one attached hydrogen (secondary N) is 1. The van der Waals surface area contributed by atoms with Crippen LogP contribution in [0.15, 0.2) is 78.9 Å². The highest BCUT2D eigenvalue weighted by Gasteiger charge is 2.33. The van der Waals surface area contributed by atoms with Gasteiger partial charge in [-0.25, -0.2) is 9.37 Å². The molecule has 2 N–H and O–H groups in total. The summed E-state index contributed by atoms with van der Waals surface area (Å²) < 4.78 is 15.4. The molecule has 5 rings (SSSR count). The number of benzene rings is 3. The van der Waals surface area contributed by atoms with E-state index in [2.05, 4.69) is 25.8 Å². The second-order valence-electron chi connectivity index (χ2n) is 10.0. The first-order valence-corrected chi connectivity index (χ1v) is 12.9. The minimum atomic E-state index is -0.777. The van der Waals surface area contributed by atoms with Crippen molar-refractivity contribution < 1.29 is 14.3 Å². The van der Waals surface area contributed by atoms with Gasteiger partial charge in [0, 0.05) is 25.2 Å². The standard InChI is InChI=1S/C30H33FN4O2/c1-22-32-27-9-5-6-10-28(27)35(22)21-30(37)16-19-34(20-17-30)18-15-26(23-7-3-2-4-8-23)33-29(36)24-11-13-25(31)14-12-24/h2-14,26,37H,15-21H2,1H3,(H,33,36). The molecule has 2 heterocycles. The molecule has 7 heteroatoms. The van der Waals surface area contributed by atoms with Crippen LogP contribution in [0.25, 0.3) is 11.0 Å². The highest BCUT2D eigenvalue weighted by Crippen LogP contribution is 2.28. The largest absolute Gasteiger partial charge is 0.388 e. The number of hydrogen-bond acceptors (Lipinski definition) is 4. The van der Waals surface area contributed by atoms with Crippen molar-refractivity contribution in [3.63, 3.8) is 0 Å². The van der Waals surface area contributed by atoms with E-state index in [1.807, 2.05) is 55.5 Å². The average molecular weight is 501 g/mol. The van der Waals surface area contributed by atoms with Crippen molar-refractivity contribution in [1.82, 2.24) is 19.8 Å². The Bertz CT molecular complexity index is 1350.